The van der Waals surface area contributed by atoms with Gasteiger partial charge in [-0.15, -0.1) is 11.3 Å². The van der Waals surface area contributed by atoms with Crippen molar-refractivity contribution < 1.29 is 9.53 Å². The van der Waals surface area contributed by atoms with Crippen molar-refractivity contribution in [2.24, 2.45) is 0 Å². The maximum atomic E-state index is 12.2. The molecule has 0 aliphatic rings. The second-order valence-corrected chi connectivity index (χ2v) is 7.49. The number of amides is 1. The van der Waals surface area contributed by atoms with E-state index >= 15 is 0 Å². The zero-order valence-electron chi connectivity index (χ0n) is 15.5. The average molecular weight is 388 g/mol. The molecule has 0 aliphatic heterocycles. The second-order valence-electron chi connectivity index (χ2n) is 6.46. The zero-order valence-corrected chi connectivity index (χ0v) is 16.3. The molecule has 4 aromatic rings. The minimum Gasteiger partial charge on any atom is -0.497 e. The molecule has 0 aliphatic carbocycles. The second kappa shape index (κ2) is 8.23. The van der Waals surface area contributed by atoms with Crippen LogP contribution in [0.1, 0.15) is 10.4 Å². The van der Waals surface area contributed by atoms with E-state index in [-0.39, 0.29) is 5.91 Å². The summed E-state index contributed by atoms with van der Waals surface area (Å²) in [5.74, 6) is 0.848. The highest BCUT2D eigenvalue weighted by molar-refractivity contribution is 7.10. The number of carbonyl (C=O) groups excluding carboxylic acids is 1. The standard InChI is InChI=1S/C23H20N2O2S/c1-27-18-5-2-4-16(12-18)20-8-7-17(22-15-24-10-9-21(20)22)14-25-23(26)13-19-6-3-11-28-19/h2-12,15H,13-14H2,1H3,(H,25,26). The first-order chi connectivity index (χ1) is 13.7. The van der Waals surface area contributed by atoms with Gasteiger partial charge in [0.25, 0.3) is 0 Å². The Morgan fingerprint density at radius 2 is 2.04 bits per heavy atom. The molecule has 0 unspecified atom stereocenters. The molecule has 1 amide bonds. The summed E-state index contributed by atoms with van der Waals surface area (Å²) in [5.41, 5.74) is 3.25. The van der Waals surface area contributed by atoms with Gasteiger partial charge in [0.2, 0.25) is 5.91 Å². The molecule has 2 aromatic carbocycles. The number of fused-ring (bicyclic) bond motifs is 1. The summed E-state index contributed by atoms with van der Waals surface area (Å²) >= 11 is 1.60. The Labute approximate surface area is 167 Å². The molecule has 0 fully saturated rings. The Bertz CT molecular complexity index is 1110. The van der Waals surface area contributed by atoms with Crippen molar-refractivity contribution in [2.75, 3.05) is 7.11 Å². The number of ether oxygens (including phenoxy) is 1. The van der Waals surface area contributed by atoms with E-state index in [1.807, 2.05) is 48.0 Å². The van der Waals surface area contributed by atoms with Gasteiger partial charge in [0.1, 0.15) is 5.75 Å². The molecular formula is C23H20N2O2S. The monoisotopic (exact) mass is 388 g/mol. The number of thiophene rings is 1. The molecule has 5 heteroatoms. The van der Waals surface area contributed by atoms with Gasteiger partial charge in [0.05, 0.1) is 13.5 Å². The third-order valence-corrected chi connectivity index (χ3v) is 5.56. The maximum Gasteiger partial charge on any atom is 0.225 e. The first kappa shape index (κ1) is 18.2. The van der Waals surface area contributed by atoms with Gasteiger partial charge in [-0.2, -0.15) is 0 Å². The van der Waals surface area contributed by atoms with Crippen LogP contribution in [-0.2, 0) is 17.8 Å². The molecular weight excluding hydrogens is 368 g/mol. The first-order valence-electron chi connectivity index (χ1n) is 9.04. The molecule has 28 heavy (non-hydrogen) atoms. The predicted octanol–water partition coefficient (Wildman–Crippen LogP) is 4.83. The van der Waals surface area contributed by atoms with Crippen LogP contribution in [0.25, 0.3) is 21.9 Å². The Hall–Kier alpha value is -3.18. The summed E-state index contributed by atoms with van der Waals surface area (Å²) in [6.45, 7) is 0.477. The van der Waals surface area contributed by atoms with E-state index in [1.165, 1.54) is 0 Å². The van der Waals surface area contributed by atoms with Crippen LogP contribution in [0, 0.1) is 0 Å². The maximum absolute atomic E-state index is 12.2. The Morgan fingerprint density at radius 1 is 1.11 bits per heavy atom. The van der Waals surface area contributed by atoms with E-state index in [0.29, 0.717) is 13.0 Å². The van der Waals surface area contributed by atoms with Gasteiger partial charge < -0.3 is 10.1 Å². The predicted molar refractivity (Wildman–Crippen MR) is 114 cm³/mol. The smallest absolute Gasteiger partial charge is 0.225 e. The van der Waals surface area contributed by atoms with Gasteiger partial charge in [-0.25, -0.2) is 0 Å². The lowest BCUT2D eigenvalue weighted by Gasteiger charge is -2.13. The number of aromatic nitrogens is 1. The van der Waals surface area contributed by atoms with Crippen LogP contribution in [0.5, 0.6) is 5.75 Å². The average Bonchev–Trinajstić information content (AvgIpc) is 3.25. The summed E-state index contributed by atoms with van der Waals surface area (Å²) in [4.78, 5) is 17.6. The number of benzene rings is 2. The molecule has 0 atom stereocenters. The Kier molecular flexibility index (Phi) is 5.35. The topological polar surface area (TPSA) is 51.2 Å². The van der Waals surface area contributed by atoms with Gasteiger partial charge in [0.15, 0.2) is 0 Å². The minimum atomic E-state index is 0.0244. The number of rotatable bonds is 6. The number of hydrogen-bond acceptors (Lipinski definition) is 4. The van der Waals surface area contributed by atoms with E-state index < -0.39 is 0 Å². The number of carbonyl (C=O) groups is 1. The van der Waals surface area contributed by atoms with Crippen molar-refractivity contribution in [3.63, 3.8) is 0 Å². The number of hydrogen-bond donors (Lipinski definition) is 1. The molecule has 0 saturated carbocycles. The molecule has 140 valence electrons. The van der Waals surface area contributed by atoms with Crippen LogP contribution >= 0.6 is 11.3 Å². The highest BCUT2D eigenvalue weighted by Crippen LogP contribution is 2.32. The van der Waals surface area contributed by atoms with Crippen LogP contribution in [-0.4, -0.2) is 18.0 Å². The molecule has 4 nitrogen and oxygen atoms in total. The van der Waals surface area contributed by atoms with Crippen molar-refractivity contribution in [2.45, 2.75) is 13.0 Å². The summed E-state index contributed by atoms with van der Waals surface area (Å²) in [6.07, 6.45) is 4.07. The van der Waals surface area contributed by atoms with Crippen LogP contribution < -0.4 is 10.1 Å². The normalized spacial score (nSPS) is 10.8. The summed E-state index contributed by atoms with van der Waals surface area (Å²) < 4.78 is 5.36. The van der Waals surface area contributed by atoms with E-state index in [4.69, 9.17) is 4.74 Å². The SMILES string of the molecule is COc1cccc(-c2ccc(CNC(=O)Cc3cccs3)c3cnccc23)c1. The van der Waals surface area contributed by atoms with E-state index in [9.17, 15) is 4.79 Å². The molecule has 0 bridgehead atoms. The van der Waals surface area contributed by atoms with E-state index in [1.54, 1.807) is 24.6 Å². The van der Waals surface area contributed by atoms with Gasteiger partial charge >= 0.3 is 0 Å². The third-order valence-electron chi connectivity index (χ3n) is 4.68. The zero-order chi connectivity index (χ0) is 19.3. The van der Waals surface area contributed by atoms with Gasteiger partial charge in [-0.3, -0.25) is 9.78 Å². The quantitative estimate of drug-likeness (QED) is 0.515. The van der Waals surface area contributed by atoms with Gasteiger partial charge in [-0.1, -0.05) is 30.3 Å². The number of nitrogens with zero attached hydrogens (tertiary/aromatic N) is 1. The summed E-state index contributed by atoms with van der Waals surface area (Å²) in [5, 5.41) is 7.16. The fourth-order valence-electron chi connectivity index (χ4n) is 3.27. The van der Waals surface area contributed by atoms with Crippen molar-refractivity contribution >= 4 is 28.0 Å². The highest BCUT2D eigenvalue weighted by Gasteiger charge is 2.10. The van der Waals surface area contributed by atoms with E-state index in [0.717, 1.165) is 38.1 Å². The van der Waals surface area contributed by atoms with Gasteiger partial charge in [0, 0.05) is 29.2 Å². The number of nitrogens with one attached hydrogen (secondary N) is 1. The van der Waals surface area contributed by atoms with Crippen LogP contribution in [0.3, 0.4) is 0 Å². The minimum absolute atomic E-state index is 0.0244. The lowest BCUT2D eigenvalue weighted by Crippen LogP contribution is -2.24. The van der Waals surface area contributed by atoms with Crippen molar-refractivity contribution in [3.8, 4) is 16.9 Å². The fourth-order valence-corrected chi connectivity index (χ4v) is 3.98. The highest BCUT2D eigenvalue weighted by atomic mass is 32.1. The Morgan fingerprint density at radius 3 is 2.86 bits per heavy atom. The van der Waals surface area contributed by atoms with Crippen LogP contribution in [0.4, 0.5) is 0 Å². The summed E-state index contributed by atoms with van der Waals surface area (Å²) in [7, 11) is 1.67. The fraction of sp³-hybridized carbons (Fsp3) is 0.130. The first-order valence-corrected chi connectivity index (χ1v) is 9.91. The van der Waals surface area contributed by atoms with Crippen molar-refractivity contribution in [1.29, 1.82) is 0 Å². The van der Waals surface area contributed by atoms with Crippen molar-refractivity contribution in [3.05, 3.63) is 82.8 Å². The molecule has 4 rings (SSSR count). The molecule has 2 aromatic heterocycles. The molecule has 0 radical (unpaired) electrons. The van der Waals surface area contributed by atoms with Crippen LogP contribution in [0.15, 0.2) is 72.4 Å². The lowest BCUT2D eigenvalue weighted by atomic mass is 9.96. The summed E-state index contributed by atoms with van der Waals surface area (Å²) in [6, 6.07) is 18.1. The Balaban J connectivity index is 1.61. The van der Waals surface area contributed by atoms with Gasteiger partial charge in [-0.05, 0) is 51.7 Å². The molecule has 0 spiro atoms. The largest absolute Gasteiger partial charge is 0.497 e. The van der Waals surface area contributed by atoms with Crippen molar-refractivity contribution in [1.82, 2.24) is 10.3 Å². The molecule has 0 saturated heterocycles. The van der Waals surface area contributed by atoms with E-state index in [2.05, 4.69) is 28.5 Å². The third kappa shape index (κ3) is 3.89. The number of pyridine rings is 1. The lowest BCUT2D eigenvalue weighted by molar-refractivity contribution is -0.120. The van der Waals surface area contributed by atoms with Crippen LogP contribution in [0.2, 0.25) is 0 Å². The molecule has 2 heterocycles. The molecule has 1 N–H and O–H groups in total. The number of methoxy groups -OCH3 is 1.